The van der Waals surface area contributed by atoms with Crippen molar-refractivity contribution in [2.75, 3.05) is 13.2 Å². The van der Waals surface area contributed by atoms with Crippen LogP contribution in [0.15, 0.2) is 60.7 Å². The molecule has 0 spiro atoms. The quantitative estimate of drug-likeness (QED) is 0.0485. The van der Waals surface area contributed by atoms with E-state index in [1.807, 2.05) is 0 Å². The van der Waals surface area contributed by atoms with Gasteiger partial charge >= 0.3 is 11.9 Å². The smallest absolute Gasteiger partial charge is 0.306 e. The Labute approximate surface area is 728 Å². The number of benzene rings is 2. The number of unbranched alkanes of at least 4 members (excludes halogenated alkanes) is 56. The van der Waals surface area contributed by atoms with E-state index in [-0.39, 0.29) is 24.1 Å². The highest BCUT2D eigenvalue weighted by Gasteiger charge is 2.20. The van der Waals surface area contributed by atoms with E-state index in [0.717, 1.165) is 45.3 Å². The summed E-state index contributed by atoms with van der Waals surface area (Å²) in [5.41, 5.74) is 2.93. The maximum absolute atomic E-state index is 12.3. The Balaban J connectivity index is 0. The molecule has 0 aromatic heterocycles. The molecule has 0 aliphatic carbocycles. The summed E-state index contributed by atoms with van der Waals surface area (Å²) in [7, 11) is 0. The second-order valence-corrected chi connectivity index (χ2v) is 37.5. The van der Waals surface area contributed by atoms with Crippen LogP contribution in [0.1, 0.15) is 558 Å². The van der Waals surface area contributed by atoms with E-state index in [9.17, 15) is 9.59 Å². The van der Waals surface area contributed by atoms with Gasteiger partial charge in [-0.15, -0.1) is 0 Å². The third-order valence-corrected chi connectivity index (χ3v) is 24.4. The lowest BCUT2D eigenvalue weighted by Gasteiger charge is -2.21. The largest absolute Gasteiger partial charge is 0.462 e. The maximum atomic E-state index is 12.3. The van der Waals surface area contributed by atoms with Crippen molar-refractivity contribution in [2.24, 2.45) is 23.7 Å². The first-order valence-electron chi connectivity index (χ1n) is 52.4. The van der Waals surface area contributed by atoms with Gasteiger partial charge in [0.05, 0.1) is 12.2 Å². The molecule has 2 rings (SSSR count). The highest BCUT2D eigenvalue weighted by atomic mass is 16.5. The lowest BCUT2D eigenvalue weighted by Crippen LogP contribution is -2.23. The molecule has 0 radical (unpaired) electrons. The molecular formula is C110H208O6. The molecule has 116 heavy (non-hydrogen) atoms. The fourth-order valence-electron chi connectivity index (χ4n) is 16.2. The van der Waals surface area contributed by atoms with Crippen LogP contribution < -0.4 is 0 Å². The van der Waals surface area contributed by atoms with Crippen molar-refractivity contribution in [3.8, 4) is 0 Å². The Hall–Kier alpha value is -2.70. The number of esters is 2. The van der Waals surface area contributed by atoms with Gasteiger partial charge in [0, 0.05) is 26.1 Å². The summed E-state index contributed by atoms with van der Waals surface area (Å²) >= 11 is 0. The van der Waals surface area contributed by atoms with Gasteiger partial charge in [-0.05, 0) is 125 Å². The van der Waals surface area contributed by atoms with E-state index in [1.165, 1.54) is 428 Å². The first-order valence-corrected chi connectivity index (χ1v) is 52.4. The molecular weight excluding hydrogens is 1420 g/mol. The number of rotatable bonds is 84. The summed E-state index contributed by atoms with van der Waals surface area (Å²) in [5, 5.41) is 0. The number of hydrogen-bond acceptors (Lipinski definition) is 6. The summed E-state index contributed by atoms with van der Waals surface area (Å²) in [6, 6.07) is 21.7. The molecule has 4 atom stereocenters. The van der Waals surface area contributed by atoms with Crippen LogP contribution in [-0.4, -0.2) is 49.6 Å². The first kappa shape index (κ1) is 115. The first-order chi connectivity index (χ1) is 56.7. The second-order valence-electron chi connectivity index (χ2n) is 37.5. The van der Waals surface area contributed by atoms with Crippen LogP contribution in [0.25, 0.3) is 0 Å². The van der Waals surface area contributed by atoms with Gasteiger partial charge in [-0.1, -0.05) is 517 Å². The predicted molar refractivity (Wildman–Crippen MR) is 516 cm³/mol. The van der Waals surface area contributed by atoms with Crippen LogP contribution in [0.2, 0.25) is 0 Å². The van der Waals surface area contributed by atoms with Gasteiger partial charge in [-0.2, -0.15) is 0 Å². The summed E-state index contributed by atoms with van der Waals surface area (Å²) < 4.78 is 24.1. The minimum absolute atomic E-state index is 0.0173. The van der Waals surface area contributed by atoms with Crippen LogP contribution >= 0.6 is 0 Å². The molecule has 2 aromatic rings. The van der Waals surface area contributed by atoms with Gasteiger partial charge in [-0.25, -0.2) is 0 Å². The summed E-state index contributed by atoms with van der Waals surface area (Å²) in [6.07, 6.45) is 95.4. The van der Waals surface area contributed by atoms with Crippen LogP contribution in [-0.2, 0) is 41.4 Å². The molecule has 2 aromatic carbocycles. The highest BCUT2D eigenvalue weighted by Crippen LogP contribution is 2.25. The zero-order valence-corrected chi connectivity index (χ0v) is 81.2. The van der Waals surface area contributed by atoms with Gasteiger partial charge in [0.15, 0.2) is 0 Å². The van der Waals surface area contributed by atoms with Gasteiger partial charge < -0.3 is 18.9 Å². The van der Waals surface area contributed by atoms with Gasteiger partial charge in [0.25, 0.3) is 0 Å². The molecule has 0 amide bonds. The molecule has 0 aliphatic rings. The average molecular weight is 1630 g/mol. The third-order valence-electron chi connectivity index (χ3n) is 24.4. The number of aryl methyl sites for hydroxylation is 2. The molecule has 0 saturated carbocycles. The van der Waals surface area contributed by atoms with Crippen LogP contribution in [0.5, 0.6) is 0 Å². The normalized spacial score (nSPS) is 12.5. The Morgan fingerprint density at radius 1 is 0.216 bits per heavy atom. The van der Waals surface area contributed by atoms with Crippen LogP contribution in [0.3, 0.4) is 0 Å². The second kappa shape index (κ2) is 94.5. The van der Waals surface area contributed by atoms with Crippen LogP contribution in [0, 0.1) is 23.7 Å². The number of hydrogen-bond donors (Lipinski definition) is 0. The zero-order valence-electron chi connectivity index (χ0n) is 81.2. The highest BCUT2D eigenvalue weighted by molar-refractivity contribution is 5.69. The van der Waals surface area contributed by atoms with E-state index in [0.29, 0.717) is 48.7 Å². The third kappa shape index (κ3) is 86.2. The average Bonchev–Trinajstić information content (AvgIpc) is 0.960. The van der Waals surface area contributed by atoms with Gasteiger partial charge in [-0.3, -0.25) is 9.59 Å². The van der Waals surface area contributed by atoms with E-state index >= 15 is 0 Å². The molecule has 0 N–H and O–H groups in total. The molecule has 6 heteroatoms. The Bertz CT molecular complexity index is 2130. The summed E-state index contributed by atoms with van der Waals surface area (Å²) in [4.78, 5) is 24.4. The van der Waals surface area contributed by atoms with Crippen molar-refractivity contribution in [3.63, 3.8) is 0 Å². The van der Waals surface area contributed by atoms with Crippen molar-refractivity contribution in [1.82, 2.24) is 0 Å². The van der Waals surface area contributed by atoms with Gasteiger partial charge in [0.2, 0.25) is 0 Å². The lowest BCUT2D eigenvalue weighted by molar-refractivity contribution is -0.152. The number of carbonyl (C=O) groups excluding carboxylic acids is 2. The van der Waals surface area contributed by atoms with Gasteiger partial charge in [0.1, 0.15) is 12.2 Å². The molecule has 0 unspecified atom stereocenters. The zero-order chi connectivity index (χ0) is 85.2. The van der Waals surface area contributed by atoms with Crippen LogP contribution in [0.4, 0.5) is 0 Å². The fourth-order valence-corrected chi connectivity index (χ4v) is 16.2. The van der Waals surface area contributed by atoms with Crippen molar-refractivity contribution >= 4 is 11.9 Å². The van der Waals surface area contributed by atoms with E-state index in [2.05, 4.69) is 158 Å². The molecule has 0 heterocycles. The van der Waals surface area contributed by atoms with Crippen molar-refractivity contribution < 1.29 is 28.5 Å². The standard InChI is InChI=1S/C30H52O2.C30H54O.C25H50O2.C25H52O/c1-4-5-6-7-8-9-10-14-20-25-29(27(2)3)32-30(31)26-21-15-12-11-13-17-22-28-23-18-16-19-24-28;1-4-5-6-7-8-9-12-15-21-26-30(28(2)3)31-27-22-16-13-10-11-14-18-23-29-24-19-17-20-25-29;1-5-7-9-11-13-14-16-17-19-21-24(23(3)4)27-25(26)22-20-18-15-12-10-8-6-2;1-5-7-9-11-13-15-16-18-20-22-25(24(3)4)26-23-21-19-17-14-12-10-8-6-2/h16,18-19,23-24,27,29H,4-15,17,20-22,25-26H2,1-3H3;17,19-20,24-25,28,30H,4-16,18,21-23,26-27H2,1-3H3;23-24H,5-22H2,1-4H3;24-25H,5-23H2,1-4H3/t29-;30-;24-;25-/m1111/s1. The monoisotopic (exact) mass is 1630 g/mol. The minimum Gasteiger partial charge on any atom is -0.462 e. The minimum atomic E-state index is 0.0173. The van der Waals surface area contributed by atoms with E-state index < -0.39 is 0 Å². The Morgan fingerprint density at radius 3 is 0.612 bits per heavy atom. The molecule has 6 nitrogen and oxygen atoms in total. The summed E-state index contributed by atoms with van der Waals surface area (Å²) in [6.45, 7) is 33.6. The molecule has 0 saturated heterocycles. The topological polar surface area (TPSA) is 71.1 Å². The molecule has 684 valence electrons. The van der Waals surface area contributed by atoms with Crippen molar-refractivity contribution in [3.05, 3.63) is 71.8 Å². The SMILES string of the molecule is CCCCCCCCCCC[C@@H](OC(=O)CCCCCCCCC)C(C)C.CCCCCCCCCCC[C@@H](OC(=O)CCCCCCCCc1ccccc1)C(C)C.CCCCCCCCCCC[C@@H](OCCCCCCCCCC)C(C)C.CCCCCCCCCCC[C@@H](OCCCCCCCCCc1ccccc1)C(C)C. The summed E-state index contributed by atoms with van der Waals surface area (Å²) in [5.74, 6) is 2.20. The Morgan fingerprint density at radius 2 is 0.397 bits per heavy atom. The lowest BCUT2D eigenvalue weighted by atomic mass is 9.99. The van der Waals surface area contributed by atoms with Crippen molar-refractivity contribution in [1.29, 1.82) is 0 Å². The fraction of sp³-hybridized carbons (Fsp3) is 0.873. The Kier molecular flexibility index (Phi) is 94.0. The molecule has 0 bridgehead atoms. The van der Waals surface area contributed by atoms with E-state index in [1.54, 1.807) is 0 Å². The number of ether oxygens (including phenoxy) is 4. The maximum Gasteiger partial charge on any atom is 0.306 e. The number of carbonyl (C=O) groups is 2. The molecule has 0 aliphatic heterocycles. The van der Waals surface area contributed by atoms with Crippen molar-refractivity contribution in [2.45, 2.75) is 584 Å². The molecule has 0 fully saturated rings. The predicted octanol–water partition coefficient (Wildman–Crippen LogP) is 37.1. The van der Waals surface area contributed by atoms with E-state index in [4.69, 9.17) is 18.9 Å².